The van der Waals surface area contributed by atoms with E-state index in [4.69, 9.17) is 5.11 Å². The van der Waals surface area contributed by atoms with Crippen LogP contribution in [-0.4, -0.2) is 41.1 Å². The predicted molar refractivity (Wildman–Crippen MR) is 75.9 cm³/mol. The van der Waals surface area contributed by atoms with E-state index in [1.165, 1.54) is 6.07 Å². The molecular weight excluding hydrogens is 264 g/mol. The van der Waals surface area contributed by atoms with Gasteiger partial charge in [0.1, 0.15) is 0 Å². The molecule has 1 amide bonds. The topological polar surface area (TPSA) is 78.4 Å². The van der Waals surface area contributed by atoms with Gasteiger partial charge < -0.3 is 15.7 Å². The second-order valence-corrected chi connectivity index (χ2v) is 5.50. The Morgan fingerprint density at radius 2 is 2.26 bits per heavy atom. The highest BCUT2D eigenvalue weighted by Gasteiger charge is 2.21. The van der Waals surface area contributed by atoms with Crippen molar-refractivity contribution in [2.24, 2.45) is 0 Å². The summed E-state index contributed by atoms with van der Waals surface area (Å²) in [5.74, 6) is 0.652. The lowest BCUT2D eigenvalue weighted by atomic mass is 10.1. The van der Waals surface area contributed by atoms with Gasteiger partial charge in [0.25, 0.3) is 0 Å². The van der Waals surface area contributed by atoms with Gasteiger partial charge >= 0.3 is 5.97 Å². The van der Waals surface area contributed by atoms with Gasteiger partial charge in [0, 0.05) is 23.7 Å². The standard InChI is InChI=1S/C13H16N2O3S/c1-8-9(13(17)18)3-2-4-10(8)15-12(16)11-7-19-6-5-14-11/h2-4,11,14H,5-7H2,1H3,(H,15,16)(H,17,18). The Morgan fingerprint density at radius 1 is 1.47 bits per heavy atom. The summed E-state index contributed by atoms with van der Waals surface area (Å²) < 4.78 is 0. The number of carboxylic acids is 1. The van der Waals surface area contributed by atoms with E-state index >= 15 is 0 Å². The Kier molecular flexibility index (Phi) is 4.44. The average Bonchev–Trinajstić information content (AvgIpc) is 2.41. The maximum atomic E-state index is 12.1. The first-order chi connectivity index (χ1) is 9.09. The minimum atomic E-state index is -0.986. The van der Waals surface area contributed by atoms with E-state index in [0.29, 0.717) is 11.3 Å². The van der Waals surface area contributed by atoms with Crippen molar-refractivity contribution in [1.82, 2.24) is 5.32 Å². The first-order valence-corrected chi connectivity index (χ1v) is 7.20. The van der Waals surface area contributed by atoms with E-state index in [0.717, 1.165) is 18.1 Å². The molecular formula is C13H16N2O3S. The third-order valence-electron chi connectivity index (χ3n) is 3.06. The van der Waals surface area contributed by atoms with Crippen LogP contribution in [-0.2, 0) is 4.79 Å². The number of aromatic carboxylic acids is 1. The zero-order valence-corrected chi connectivity index (χ0v) is 11.4. The van der Waals surface area contributed by atoms with Gasteiger partial charge in [-0.2, -0.15) is 11.8 Å². The molecule has 5 nitrogen and oxygen atoms in total. The van der Waals surface area contributed by atoms with Crippen molar-refractivity contribution in [1.29, 1.82) is 0 Å². The molecule has 1 aromatic rings. The molecule has 1 atom stereocenters. The van der Waals surface area contributed by atoms with Crippen LogP contribution in [0.3, 0.4) is 0 Å². The molecule has 1 aliphatic rings. The fourth-order valence-electron chi connectivity index (χ4n) is 1.96. The summed E-state index contributed by atoms with van der Waals surface area (Å²) >= 11 is 1.74. The average molecular weight is 280 g/mol. The fraction of sp³-hybridized carbons (Fsp3) is 0.385. The second-order valence-electron chi connectivity index (χ2n) is 4.35. The number of nitrogens with one attached hydrogen (secondary N) is 2. The van der Waals surface area contributed by atoms with Gasteiger partial charge in [-0.25, -0.2) is 4.79 Å². The van der Waals surface area contributed by atoms with Gasteiger partial charge in [0.2, 0.25) is 5.91 Å². The summed E-state index contributed by atoms with van der Waals surface area (Å²) in [6, 6.07) is 4.67. The molecule has 0 saturated carbocycles. The number of amides is 1. The van der Waals surface area contributed by atoms with Gasteiger partial charge in [-0.05, 0) is 24.6 Å². The van der Waals surface area contributed by atoms with Crippen molar-refractivity contribution in [2.45, 2.75) is 13.0 Å². The van der Waals surface area contributed by atoms with Crippen LogP contribution < -0.4 is 10.6 Å². The molecule has 3 N–H and O–H groups in total. The van der Waals surface area contributed by atoms with Crippen LogP contribution in [0, 0.1) is 6.92 Å². The number of benzene rings is 1. The molecule has 1 aliphatic heterocycles. The molecule has 1 fully saturated rings. The monoisotopic (exact) mass is 280 g/mol. The minimum Gasteiger partial charge on any atom is -0.478 e. The lowest BCUT2D eigenvalue weighted by Crippen LogP contribution is -2.46. The molecule has 19 heavy (non-hydrogen) atoms. The fourth-order valence-corrected chi connectivity index (χ4v) is 2.89. The SMILES string of the molecule is Cc1c(NC(=O)C2CSCCN2)cccc1C(=O)O. The summed E-state index contributed by atoms with van der Waals surface area (Å²) in [7, 11) is 0. The highest BCUT2D eigenvalue weighted by molar-refractivity contribution is 7.99. The molecule has 0 aromatic heterocycles. The van der Waals surface area contributed by atoms with Crippen LogP contribution in [0.5, 0.6) is 0 Å². The van der Waals surface area contributed by atoms with E-state index in [1.54, 1.807) is 30.8 Å². The normalized spacial score (nSPS) is 18.9. The number of hydrogen-bond acceptors (Lipinski definition) is 4. The minimum absolute atomic E-state index is 0.113. The number of carboxylic acid groups (broad SMARTS) is 1. The second kappa shape index (κ2) is 6.08. The summed E-state index contributed by atoms with van der Waals surface area (Å²) in [5.41, 5.74) is 1.35. The number of carbonyl (C=O) groups excluding carboxylic acids is 1. The molecule has 1 heterocycles. The Hall–Kier alpha value is -1.53. The van der Waals surface area contributed by atoms with Crippen molar-refractivity contribution in [3.8, 4) is 0 Å². The molecule has 1 unspecified atom stereocenters. The molecule has 0 aliphatic carbocycles. The summed E-state index contributed by atoms with van der Waals surface area (Å²) in [6.07, 6.45) is 0. The largest absolute Gasteiger partial charge is 0.478 e. The molecule has 0 spiro atoms. The highest BCUT2D eigenvalue weighted by Crippen LogP contribution is 2.19. The van der Waals surface area contributed by atoms with Crippen LogP contribution in [0.2, 0.25) is 0 Å². The predicted octanol–water partition coefficient (Wildman–Crippen LogP) is 1.34. The lowest BCUT2D eigenvalue weighted by molar-refractivity contribution is -0.117. The first kappa shape index (κ1) is 13.9. The van der Waals surface area contributed by atoms with Crippen LogP contribution in [0.15, 0.2) is 18.2 Å². The van der Waals surface area contributed by atoms with E-state index in [-0.39, 0.29) is 17.5 Å². The van der Waals surface area contributed by atoms with Crippen molar-refractivity contribution < 1.29 is 14.7 Å². The van der Waals surface area contributed by atoms with Crippen molar-refractivity contribution in [3.05, 3.63) is 29.3 Å². The zero-order chi connectivity index (χ0) is 13.8. The van der Waals surface area contributed by atoms with E-state index in [9.17, 15) is 9.59 Å². The van der Waals surface area contributed by atoms with Crippen LogP contribution >= 0.6 is 11.8 Å². The van der Waals surface area contributed by atoms with Gasteiger partial charge in [-0.15, -0.1) is 0 Å². The van der Waals surface area contributed by atoms with Gasteiger partial charge in [-0.1, -0.05) is 6.07 Å². The number of thioether (sulfide) groups is 1. The summed E-state index contributed by atoms with van der Waals surface area (Å²) in [6.45, 7) is 2.51. The molecule has 1 aromatic carbocycles. The Bertz CT molecular complexity index is 499. The Morgan fingerprint density at radius 3 is 2.89 bits per heavy atom. The van der Waals surface area contributed by atoms with Crippen LogP contribution in [0.1, 0.15) is 15.9 Å². The number of anilines is 1. The maximum absolute atomic E-state index is 12.1. The highest BCUT2D eigenvalue weighted by atomic mass is 32.2. The van der Waals surface area contributed by atoms with E-state index in [2.05, 4.69) is 10.6 Å². The van der Waals surface area contributed by atoms with Gasteiger partial charge in [0.05, 0.1) is 11.6 Å². The molecule has 1 saturated heterocycles. The molecule has 6 heteroatoms. The van der Waals surface area contributed by atoms with E-state index < -0.39 is 5.97 Å². The van der Waals surface area contributed by atoms with E-state index in [1.807, 2.05) is 0 Å². The first-order valence-electron chi connectivity index (χ1n) is 6.04. The third-order valence-corrected chi connectivity index (χ3v) is 4.12. The Balaban J connectivity index is 2.12. The summed E-state index contributed by atoms with van der Waals surface area (Å²) in [4.78, 5) is 23.1. The van der Waals surface area contributed by atoms with Crippen molar-refractivity contribution in [3.63, 3.8) is 0 Å². The van der Waals surface area contributed by atoms with Crippen molar-refractivity contribution in [2.75, 3.05) is 23.4 Å². The summed E-state index contributed by atoms with van der Waals surface area (Å²) in [5, 5.41) is 15.0. The quantitative estimate of drug-likeness (QED) is 0.778. The number of hydrogen-bond donors (Lipinski definition) is 3. The van der Waals surface area contributed by atoms with Crippen LogP contribution in [0.4, 0.5) is 5.69 Å². The molecule has 0 bridgehead atoms. The molecule has 102 valence electrons. The van der Waals surface area contributed by atoms with Crippen LogP contribution in [0.25, 0.3) is 0 Å². The molecule has 0 radical (unpaired) electrons. The third kappa shape index (κ3) is 3.27. The number of rotatable bonds is 3. The van der Waals surface area contributed by atoms with Gasteiger partial charge in [0.15, 0.2) is 0 Å². The zero-order valence-electron chi connectivity index (χ0n) is 10.6. The van der Waals surface area contributed by atoms with Gasteiger partial charge in [-0.3, -0.25) is 4.79 Å². The Labute approximate surface area is 115 Å². The number of carbonyl (C=O) groups is 2. The maximum Gasteiger partial charge on any atom is 0.336 e. The smallest absolute Gasteiger partial charge is 0.336 e. The van der Waals surface area contributed by atoms with Crippen molar-refractivity contribution >= 4 is 29.3 Å². The lowest BCUT2D eigenvalue weighted by Gasteiger charge is -2.22. The molecule has 2 rings (SSSR count).